The highest BCUT2D eigenvalue weighted by Crippen LogP contribution is 2.34. The molecule has 1 aliphatic rings. The Labute approximate surface area is 217 Å². The maximum Gasteiger partial charge on any atom is 0.342 e. The van der Waals surface area contributed by atoms with Crippen LogP contribution < -0.4 is 9.47 Å². The van der Waals surface area contributed by atoms with E-state index in [-0.39, 0.29) is 48.5 Å². The highest BCUT2D eigenvalue weighted by atomic mass is 32.2. The lowest BCUT2D eigenvalue weighted by Crippen LogP contribution is -2.23. The van der Waals surface area contributed by atoms with E-state index in [1.165, 1.54) is 14.2 Å². The number of ether oxygens (including phenoxy) is 5. The third kappa shape index (κ3) is 8.40. The fourth-order valence-electron chi connectivity index (χ4n) is 3.83. The number of carbonyl (C=O) groups excluding carboxylic acids is 2. The van der Waals surface area contributed by atoms with Gasteiger partial charge in [0.05, 0.1) is 5.25 Å². The van der Waals surface area contributed by atoms with Crippen molar-refractivity contribution in [2.75, 3.05) is 27.8 Å². The minimum atomic E-state index is -0.549. The number of ketones is 1. The lowest BCUT2D eigenvalue weighted by molar-refractivity contribution is -0.118. The average Bonchev–Trinajstić information content (AvgIpc) is 2.87. The van der Waals surface area contributed by atoms with Gasteiger partial charge >= 0.3 is 5.97 Å². The molecule has 2 aromatic rings. The van der Waals surface area contributed by atoms with Crippen molar-refractivity contribution in [2.45, 2.75) is 55.3 Å². The Kier molecular flexibility index (Phi) is 11.3. The van der Waals surface area contributed by atoms with Gasteiger partial charge in [-0.3, -0.25) is 4.79 Å². The lowest BCUT2D eigenvalue weighted by atomic mass is 9.97. The molecule has 36 heavy (non-hydrogen) atoms. The fraction of sp³-hybridized carbons (Fsp3) is 0.429. The predicted molar refractivity (Wildman–Crippen MR) is 139 cm³/mol. The van der Waals surface area contributed by atoms with Crippen molar-refractivity contribution >= 4 is 23.5 Å². The quantitative estimate of drug-likeness (QED) is 0.256. The zero-order valence-corrected chi connectivity index (χ0v) is 21.9. The van der Waals surface area contributed by atoms with Crippen LogP contribution in [0.5, 0.6) is 11.5 Å². The molecule has 0 N–H and O–H groups in total. The van der Waals surface area contributed by atoms with Gasteiger partial charge in [-0.2, -0.15) is 0 Å². The highest BCUT2D eigenvalue weighted by molar-refractivity contribution is 8.00. The number of rotatable bonds is 8. The minimum Gasteiger partial charge on any atom is -0.467 e. The van der Waals surface area contributed by atoms with Crippen molar-refractivity contribution in [3.63, 3.8) is 0 Å². The molecule has 0 spiro atoms. The zero-order chi connectivity index (χ0) is 25.8. The summed E-state index contributed by atoms with van der Waals surface area (Å²) in [6.07, 6.45) is 6.89. The molecule has 0 saturated heterocycles. The second-order valence-electron chi connectivity index (χ2n) is 8.47. The Morgan fingerprint density at radius 1 is 1.00 bits per heavy atom. The van der Waals surface area contributed by atoms with Gasteiger partial charge in [0.2, 0.25) is 0 Å². The molecule has 0 saturated carbocycles. The summed E-state index contributed by atoms with van der Waals surface area (Å²) in [6.45, 7) is 1.78. The number of esters is 1. The maximum atomic E-state index is 13.7. The van der Waals surface area contributed by atoms with Gasteiger partial charge in [0.1, 0.15) is 23.2 Å². The predicted octanol–water partition coefficient (Wildman–Crippen LogP) is 5.60. The lowest BCUT2D eigenvalue weighted by Gasteiger charge is -2.21. The molecule has 8 heteroatoms. The molecule has 194 valence electrons. The summed E-state index contributed by atoms with van der Waals surface area (Å²) in [4.78, 5) is 28.0. The molecular weight excluding hydrogens is 480 g/mol. The number of methoxy groups -OCH3 is 2. The van der Waals surface area contributed by atoms with Crippen LogP contribution in [0.2, 0.25) is 0 Å². The van der Waals surface area contributed by atoms with E-state index in [9.17, 15) is 9.59 Å². The number of benzene rings is 2. The first-order valence-electron chi connectivity index (χ1n) is 12.0. The van der Waals surface area contributed by atoms with Gasteiger partial charge in [-0.15, -0.1) is 11.8 Å². The van der Waals surface area contributed by atoms with Crippen molar-refractivity contribution in [3.8, 4) is 11.5 Å². The summed E-state index contributed by atoms with van der Waals surface area (Å²) < 4.78 is 27.2. The fourth-order valence-corrected chi connectivity index (χ4v) is 4.97. The number of allylic oxidation sites excluding steroid dienone is 1. The Morgan fingerprint density at radius 2 is 1.75 bits per heavy atom. The number of thioether (sulfide) groups is 1. The number of cyclic esters (lactones) is 1. The molecule has 3 rings (SSSR count). The highest BCUT2D eigenvalue weighted by Gasteiger charge is 2.27. The third-order valence-electron chi connectivity index (χ3n) is 5.56. The van der Waals surface area contributed by atoms with Gasteiger partial charge in [0.15, 0.2) is 19.4 Å². The van der Waals surface area contributed by atoms with Crippen molar-refractivity contribution in [3.05, 3.63) is 65.7 Å². The van der Waals surface area contributed by atoms with Crippen LogP contribution in [0, 0.1) is 0 Å². The number of carbonyl (C=O) groups is 2. The van der Waals surface area contributed by atoms with Gasteiger partial charge in [-0.25, -0.2) is 4.79 Å². The Hall–Kier alpha value is -2.81. The molecule has 0 fully saturated rings. The van der Waals surface area contributed by atoms with Crippen molar-refractivity contribution in [2.24, 2.45) is 0 Å². The van der Waals surface area contributed by atoms with E-state index in [1.807, 2.05) is 43.3 Å². The van der Waals surface area contributed by atoms with E-state index < -0.39 is 5.97 Å². The van der Waals surface area contributed by atoms with Crippen molar-refractivity contribution < 1.29 is 33.3 Å². The van der Waals surface area contributed by atoms with E-state index in [4.69, 9.17) is 23.7 Å². The topological polar surface area (TPSA) is 80.3 Å². The molecule has 0 aromatic heterocycles. The van der Waals surface area contributed by atoms with Crippen LogP contribution in [0.3, 0.4) is 0 Å². The largest absolute Gasteiger partial charge is 0.467 e. The summed E-state index contributed by atoms with van der Waals surface area (Å²) in [6, 6.07) is 13.2. The first-order chi connectivity index (χ1) is 17.5. The molecule has 7 nitrogen and oxygen atoms in total. The number of fused-ring (bicyclic) bond motifs is 1. The molecule has 2 unspecified atom stereocenters. The molecule has 2 atom stereocenters. The molecule has 1 aliphatic heterocycles. The van der Waals surface area contributed by atoms with Crippen molar-refractivity contribution in [1.29, 1.82) is 0 Å². The zero-order valence-electron chi connectivity index (χ0n) is 21.1. The number of Topliss-reactive ketones (excluding diaryl/α,β-unsaturated/α-hetero) is 1. The van der Waals surface area contributed by atoms with Gasteiger partial charge in [-0.1, -0.05) is 30.4 Å². The molecule has 0 radical (unpaired) electrons. The summed E-state index contributed by atoms with van der Waals surface area (Å²) >= 11 is 1.55. The normalized spacial score (nSPS) is 20.1. The molecule has 0 amide bonds. The van der Waals surface area contributed by atoms with E-state index >= 15 is 0 Å². The van der Waals surface area contributed by atoms with Crippen LogP contribution in [0.4, 0.5) is 0 Å². The summed E-state index contributed by atoms with van der Waals surface area (Å²) in [5, 5.41) is -0.265. The van der Waals surface area contributed by atoms with E-state index in [0.717, 1.165) is 24.2 Å². The molecule has 0 aliphatic carbocycles. The third-order valence-corrected chi connectivity index (χ3v) is 6.89. The van der Waals surface area contributed by atoms with Crippen LogP contribution in [0.1, 0.15) is 48.5 Å². The number of hydrogen-bond acceptors (Lipinski definition) is 8. The Bertz CT molecular complexity index is 1020. The van der Waals surface area contributed by atoms with Gasteiger partial charge in [-0.05, 0) is 49.9 Å². The van der Waals surface area contributed by atoms with Crippen LogP contribution in [0.15, 0.2) is 59.5 Å². The SMILES string of the molecule is COCOc1cc2c(c(OCOC)c1)C(=O)OC(C)C/C=C/CCCC(Sc1ccccc1)C(=O)C2. The average molecular weight is 515 g/mol. The molecular formula is C28H34O7S. The van der Waals surface area contributed by atoms with E-state index in [1.54, 1.807) is 23.9 Å². The second kappa shape index (κ2) is 14.7. The summed E-state index contributed by atoms with van der Waals surface area (Å²) in [5.41, 5.74) is 0.699. The Morgan fingerprint density at radius 3 is 2.50 bits per heavy atom. The molecule has 1 heterocycles. The first kappa shape index (κ1) is 27.8. The van der Waals surface area contributed by atoms with Crippen LogP contribution in [-0.4, -0.2) is 50.9 Å². The van der Waals surface area contributed by atoms with E-state index in [2.05, 4.69) is 6.08 Å². The van der Waals surface area contributed by atoms with Gasteiger partial charge in [0.25, 0.3) is 0 Å². The second-order valence-corrected chi connectivity index (χ2v) is 9.75. The van der Waals surface area contributed by atoms with Gasteiger partial charge in [0, 0.05) is 38.0 Å². The number of hydrogen-bond donors (Lipinski definition) is 0. The van der Waals surface area contributed by atoms with E-state index in [0.29, 0.717) is 17.7 Å². The van der Waals surface area contributed by atoms with Gasteiger partial charge < -0.3 is 23.7 Å². The van der Waals surface area contributed by atoms with Crippen LogP contribution >= 0.6 is 11.8 Å². The molecule has 0 bridgehead atoms. The van der Waals surface area contributed by atoms with Crippen LogP contribution in [-0.2, 0) is 25.4 Å². The smallest absolute Gasteiger partial charge is 0.342 e. The standard InChI is InChI=1S/C28H34O7S/c1-20-11-7-4-5-10-14-26(36-23-12-8-6-9-13-23)24(29)16-21-15-22(33-18-31-2)17-25(34-19-32-3)27(21)28(30)35-20/h4,6-9,12-13,15,17,20,26H,5,10-11,14,16,18-19H2,1-3H3/b7-4+. The first-order valence-corrected chi connectivity index (χ1v) is 12.9. The Balaban J connectivity index is 2.02. The summed E-state index contributed by atoms with van der Waals surface area (Å²) in [7, 11) is 3.01. The molecule has 2 aromatic carbocycles. The monoisotopic (exact) mass is 514 g/mol. The minimum absolute atomic E-state index is 0.0107. The van der Waals surface area contributed by atoms with Crippen molar-refractivity contribution in [1.82, 2.24) is 0 Å². The maximum absolute atomic E-state index is 13.7. The van der Waals surface area contributed by atoms with Crippen LogP contribution in [0.25, 0.3) is 0 Å². The summed E-state index contributed by atoms with van der Waals surface area (Å²) in [5.74, 6) is 0.132.